The quantitative estimate of drug-likeness (QED) is 0.393. The first-order valence-corrected chi connectivity index (χ1v) is 9.54. The van der Waals surface area contributed by atoms with Crippen molar-refractivity contribution in [2.24, 2.45) is 10.7 Å². The number of hydrogen-bond donors (Lipinski definition) is 2. The summed E-state index contributed by atoms with van der Waals surface area (Å²) in [6.45, 7) is 1.55. The highest BCUT2D eigenvalue weighted by Gasteiger charge is 2.14. The van der Waals surface area contributed by atoms with Crippen LogP contribution >= 0.6 is 46.7 Å². The van der Waals surface area contributed by atoms with E-state index in [1.807, 2.05) is 11.3 Å². The Bertz CT molecular complexity index is 599. The number of nitrogens with zero attached hydrogens (tertiary/aromatic N) is 2. The van der Waals surface area contributed by atoms with Crippen LogP contribution in [0, 0.1) is 0 Å². The number of nitrogens with one attached hydrogen (secondary N) is 1. The van der Waals surface area contributed by atoms with Gasteiger partial charge in [0.05, 0.1) is 10.7 Å². The molecule has 0 saturated carbocycles. The number of thiazole rings is 1. The van der Waals surface area contributed by atoms with Gasteiger partial charge in [-0.25, -0.2) is 4.98 Å². The van der Waals surface area contributed by atoms with Crippen molar-refractivity contribution < 1.29 is 0 Å². The molecule has 1 aliphatic rings. The smallest absolute Gasteiger partial charge is 0.188 e. The van der Waals surface area contributed by atoms with Crippen LogP contribution in [0.15, 0.2) is 22.5 Å². The topological polar surface area (TPSA) is 63.3 Å². The summed E-state index contributed by atoms with van der Waals surface area (Å²) in [5.74, 6) is 0.540. The SMILES string of the molecule is I.NC(=NCCc1nc2c(s1)CCCC2)NCCc1cccs1. The van der Waals surface area contributed by atoms with Gasteiger partial charge in [-0.2, -0.15) is 0 Å². The predicted molar refractivity (Wildman–Crippen MR) is 110 cm³/mol. The molecule has 0 saturated heterocycles. The number of fused-ring (bicyclic) bond motifs is 1. The van der Waals surface area contributed by atoms with Crippen molar-refractivity contribution in [2.45, 2.75) is 38.5 Å². The molecule has 2 heterocycles. The standard InChI is InChI=1S/C16H22N4S2.HI/c17-16(18-9-7-12-4-3-11-21-12)19-10-8-15-20-13-5-1-2-6-14(13)22-15;/h3-4,11H,1-2,5-10H2,(H3,17,18,19);1H. The summed E-state index contributed by atoms with van der Waals surface area (Å²) >= 11 is 3.64. The largest absolute Gasteiger partial charge is 0.370 e. The van der Waals surface area contributed by atoms with Gasteiger partial charge in [0.2, 0.25) is 0 Å². The maximum atomic E-state index is 5.90. The second-order valence-corrected chi connectivity index (χ2v) is 7.66. The van der Waals surface area contributed by atoms with Crippen molar-refractivity contribution in [1.29, 1.82) is 0 Å². The molecule has 4 nitrogen and oxygen atoms in total. The van der Waals surface area contributed by atoms with Crippen LogP contribution in [0.5, 0.6) is 0 Å². The van der Waals surface area contributed by atoms with Crippen LogP contribution < -0.4 is 11.1 Å². The van der Waals surface area contributed by atoms with Gasteiger partial charge in [-0.1, -0.05) is 6.07 Å². The Hall–Kier alpha value is -0.670. The third-order valence-electron chi connectivity index (χ3n) is 3.76. The molecule has 0 bridgehead atoms. The van der Waals surface area contributed by atoms with E-state index in [1.54, 1.807) is 11.3 Å². The predicted octanol–water partition coefficient (Wildman–Crippen LogP) is 3.39. The van der Waals surface area contributed by atoms with Gasteiger partial charge in [-0.05, 0) is 43.6 Å². The summed E-state index contributed by atoms with van der Waals surface area (Å²) in [4.78, 5) is 12.0. The fourth-order valence-corrected chi connectivity index (χ4v) is 4.46. The zero-order valence-corrected chi connectivity index (χ0v) is 17.0. The van der Waals surface area contributed by atoms with E-state index in [0.29, 0.717) is 12.5 Å². The first kappa shape index (κ1) is 18.7. The maximum absolute atomic E-state index is 5.90. The Balaban J connectivity index is 0.00000192. The van der Waals surface area contributed by atoms with E-state index in [0.717, 1.165) is 25.8 Å². The minimum Gasteiger partial charge on any atom is -0.370 e. The Morgan fingerprint density at radius 2 is 2.17 bits per heavy atom. The van der Waals surface area contributed by atoms with E-state index >= 15 is 0 Å². The molecule has 2 aromatic heterocycles. The molecular formula is C16H23IN4S2. The summed E-state index contributed by atoms with van der Waals surface area (Å²) in [5, 5.41) is 6.48. The second-order valence-electron chi connectivity index (χ2n) is 5.46. The second kappa shape index (κ2) is 9.58. The number of nitrogens with two attached hydrogens (primary N) is 1. The summed E-state index contributed by atoms with van der Waals surface area (Å²) in [7, 11) is 0. The normalized spacial score (nSPS) is 14.2. The summed E-state index contributed by atoms with van der Waals surface area (Å²) in [6.07, 6.45) is 6.85. The molecule has 0 amide bonds. The molecule has 23 heavy (non-hydrogen) atoms. The lowest BCUT2D eigenvalue weighted by Gasteiger charge is -2.06. The van der Waals surface area contributed by atoms with Crippen molar-refractivity contribution in [2.75, 3.05) is 13.1 Å². The minimum absolute atomic E-state index is 0. The van der Waals surface area contributed by atoms with Crippen molar-refractivity contribution in [3.63, 3.8) is 0 Å². The van der Waals surface area contributed by atoms with Crippen molar-refractivity contribution in [1.82, 2.24) is 10.3 Å². The Morgan fingerprint density at radius 1 is 1.30 bits per heavy atom. The molecule has 2 aromatic rings. The highest BCUT2D eigenvalue weighted by molar-refractivity contribution is 14.0. The van der Waals surface area contributed by atoms with Gasteiger partial charge in [0.25, 0.3) is 0 Å². The van der Waals surface area contributed by atoms with E-state index in [4.69, 9.17) is 10.7 Å². The lowest BCUT2D eigenvalue weighted by atomic mass is 10.0. The fraction of sp³-hybridized carbons (Fsp3) is 0.500. The number of guanidine groups is 1. The molecule has 0 spiro atoms. The van der Waals surface area contributed by atoms with Crippen LogP contribution in [0.2, 0.25) is 0 Å². The van der Waals surface area contributed by atoms with Crippen LogP contribution in [0.4, 0.5) is 0 Å². The van der Waals surface area contributed by atoms with Crippen molar-refractivity contribution >= 4 is 52.6 Å². The Labute approximate surface area is 162 Å². The van der Waals surface area contributed by atoms with Gasteiger partial charge in [-0.3, -0.25) is 4.99 Å². The lowest BCUT2D eigenvalue weighted by molar-refractivity contribution is 0.680. The Kier molecular flexibility index (Phi) is 7.78. The molecule has 0 radical (unpaired) electrons. The number of aliphatic imine (C=N–C) groups is 1. The van der Waals surface area contributed by atoms with Crippen molar-refractivity contribution in [3.8, 4) is 0 Å². The highest BCUT2D eigenvalue weighted by Crippen LogP contribution is 2.26. The molecular weight excluding hydrogens is 439 g/mol. The monoisotopic (exact) mass is 462 g/mol. The first-order chi connectivity index (χ1) is 10.8. The van der Waals surface area contributed by atoms with E-state index in [2.05, 4.69) is 27.8 Å². The third-order valence-corrected chi connectivity index (χ3v) is 5.91. The van der Waals surface area contributed by atoms with Gasteiger partial charge in [0.15, 0.2) is 5.96 Å². The van der Waals surface area contributed by atoms with Gasteiger partial charge in [0, 0.05) is 29.3 Å². The summed E-state index contributed by atoms with van der Waals surface area (Å²) < 4.78 is 0. The van der Waals surface area contributed by atoms with E-state index in [-0.39, 0.29) is 24.0 Å². The van der Waals surface area contributed by atoms with Crippen LogP contribution in [0.25, 0.3) is 0 Å². The molecule has 0 aromatic carbocycles. The molecule has 0 unspecified atom stereocenters. The molecule has 0 aliphatic heterocycles. The summed E-state index contributed by atoms with van der Waals surface area (Å²) in [6, 6.07) is 4.22. The molecule has 3 N–H and O–H groups in total. The van der Waals surface area contributed by atoms with Crippen LogP contribution in [-0.4, -0.2) is 24.0 Å². The average molecular weight is 462 g/mol. The number of rotatable bonds is 6. The number of hydrogen-bond acceptors (Lipinski definition) is 4. The van der Waals surface area contributed by atoms with E-state index < -0.39 is 0 Å². The summed E-state index contributed by atoms with van der Waals surface area (Å²) in [5.41, 5.74) is 7.23. The lowest BCUT2D eigenvalue weighted by Crippen LogP contribution is -2.33. The van der Waals surface area contributed by atoms with Gasteiger partial charge in [-0.15, -0.1) is 46.7 Å². The van der Waals surface area contributed by atoms with E-state index in [1.165, 1.54) is 39.7 Å². The molecule has 7 heteroatoms. The zero-order chi connectivity index (χ0) is 15.2. The molecule has 3 rings (SSSR count). The highest BCUT2D eigenvalue weighted by atomic mass is 127. The van der Waals surface area contributed by atoms with Gasteiger partial charge in [0.1, 0.15) is 0 Å². The molecule has 1 aliphatic carbocycles. The third kappa shape index (κ3) is 5.72. The molecule has 126 valence electrons. The maximum Gasteiger partial charge on any atom is 0.188 e. The fourth-order valence-electron chi connectivity index (χ4n) is 2.61. The van der Waals surface area contributed by atoms with Gasteiger partial charge < -0.3 is 11.1 Å². The number of halogens is 1. The van der Waals surface area contributed by atoms with Crippen molar-refractivity contribution in [3.05, 3.63) is 38.0 Å². The first-order valence-electron chi connectivity index (χ1n) is 7.85. The Morgan fingerprint density at radius 3 is 2.96 bits per heavy atom. The molecule has 0 fully saturated rings. The van der Waals surface area contributed by atoms with E-state index in [9.17, 15) is 0 Å². The number of thiophene rings is 1. The van der Waals surface area contributed by atoms with Crippen LogP contribution in [-0.2, 0) is 25.7 Å². The van der Waals surface area contributed by atoms with Crippen LogP contribution in [0.1, 0.15) is 33.3 Å². The van der Waals surface area contributed by atoms with Gasteiger partial charge >= 0.3 is 0 Å². The number of aromatic nitrogens is 1. The van der Waals surface area contributed by atoms with Crippen LogP contribution in [0.3, 0.4) is 0 Å². The number of aryl methyl sites for hydroxylation is 2. The minimum atomic E-state index is 0. The zero-order valence-electron chi connectivity index (χ0n) is 13.1. The average Bonchev–Trinajstić information content (AvgIpc) is 3.15. The molecule has 0 atom stereocenters.